The van der Waals surface area contributed by atoms with Crippen molar-refractivity contribution in [3.63, 3.8) is 0 Å². The fraction of sp³-hybridized carbons (Fsp3) is 0.688. The molecule has 0 saturated heterocycles. The Morgan fingerprint density at radius 3 is 2.89 bits per heavy atom. The largest absolute Gasteiger partial charge is 0.316 e. The summed E-state index contributed by atoms with van der Waals surface area (Å²) in [5.41, 5.74) is 2.59. The van der Waals surface area contributed by atoms with E-state index >= 15 is 0 Å². The van der Waals surface area contributed by atoms with Crippen LogP contribution < -0.4 is 5.32 Å². The van der Waals surface area contributed by atoms with Crippen LogP contribution in [0.5, 0.6) is 0 Å². The molecule has 1 N–H and O–H groups in total. The van der Waals surface area contributed by atoms with E-state index in [4.69, 9.17) is 0 Å². The lowest BCUT2D eigenvalue weighted by molar-refractivity contribution is 0.474. The van der Waals surface area contributed by atoms with Crippen LogP contribution in [0.15, 0.2) is 23.9 Å². The van der Waals surface area contributed by atoms with E-state index in [-0.39, 0.29) is 0 Å². The zero-order valence-corrected chi connectivity index (χ0v) is 12.9. The van der Waals surface area contributed by atoms with Crippen molar-refractivity contribution in [2.24, 2.45) is 0 Å². The second-order valence-electron chi connectivity index (χ2n) is 5.31. The highest BCUT2D eigenvalue weighted by atomic mass is 15.3. The molecule has 1 unspecified atom stereocenters. The highest BCUT2D eigenvalue weighted by Gasteiger charge is 2.04. The van der Waals surface area contributed by atoms with Gasteiger partial charge in [-0.05, 0) is 52.3 Å². The smallest absolute Gasteiger partial charge is 0.0664 e. The normalized spacial score (nSPS) is 13.8. The monoisotopic (exact) mass is 263 g/mol. The third-order valence-electron chi connectivity index (χ3n) is 3.41. The van der Waals surface area contributed by atoms with E-state index in [1.54, 1.807) is 0 Å². The van der Waals surface area contributed by atoms with Crippen LogP contribution in [0.4, 0.5) is 0 Å². The van der Waals surface area contributed by atoms with Gasteiger partial charge in [0.05, 0.1) is 5.69 Å². The van der Waals surface area contributed by atoms with Gasteiger partial charge in [-0.2, -0.15) is 5.10 Å². The molecule has 0 aliphatic rings. The van der Waals surface area contributed by atoms with E-state index in [2.05, 4.69) is 61.1 Å². The van der Waals surface area contributed by atoms with Gasteiger partial charge in [0, 0.05) is 18.7 Å². The molecule has 3 nitrogen and oxygen atoms in total. The molecular weight excluding hydrogens is 234 g/mol. The van der Waals surface area contributed by atoms with Gasteiger partial charge >= 0.3 is 0 Å². The van der Waals surface area contributed by atoms with Crippen LogP contribution in [-0.4, -0.2) is 22.9 Å². The predicted molar refractivity (Wildman–Crippen MR) is 82.5 cm³/mol. The SMILES string of the molecule is CCCNCCC=C(C)Cc1ccn(C(C)CC)n1. The molecule has 0 fully saturated rings. The molecule has 0 radical (unpaired) electrons. The molecule has 0 aliphatic carbocycles. The van der Waals surface area contributed by atoms with Gasteiger partial charge in [0.25, 0.3) is 0 Å². The van der Waals surface area contributed by atoms with E-state index in [9.17, 15) is 0 Å². The van der Waals surface area contributed by atoms with Crippen LogP contribution in [0.25, 0.3) is 0 Å². The molecular formula is C16H29N3. The van der Waals surface area contributed by atoms with Crippen molar-refractivity contribution in [1.29, 1.82) is 0 Å². The minimum absolute atomic E-state index is 0.497. The maximum Gasteiger partial charge on any atom is 0.0664 e. The van der Waals surface area contributed by atoms with Crippen LogP contribution in [0.3, 0.4) is 0 Å². The molecule has 1 aromatic heterocycles. The molecule has 1 rings (SSSR count). The topological polar surface area (TPSA) is 29.9 Å². The maximum absolute atomic E-state index is 4.64. The Hall–Kier alpha value is -1.09. The van der Waals surface area contributed by atoms with Crippen molar-refractivity contribution in [2.45, 2.75) is 59.4 Å². The van der Waals surface area contributed by atoms with E-state index in [0.717, 1.165) is 32.4 Å². The highest BCUT2D eigenvalue weighted by molar-refractivity contribution is 5.12. The molecule has 1 heterocycles. The molecule has 0 amide bonds. The Bertz CT molecular complexity index is 379. The Balaban J connectivity index is 2.37. The predicted octanol–water partition coefficient (Wildman–Crippen LogP) is 3.73. The summed E-state index contributed by atoms with van der Waals surface area (Å²) in [4.78, 5) is 0. The summed E-state index contributed by atoms with van der Waals surface area (Å²) in [6.45, 7) is 11.0. The quantitative estimate of drug-likeness (QED) is 0.543. The first-order valence-corrected chi connectivity index (χ1v) is 7.57. The number of hydrogen-bond donors (Lipinski definition) is 1. The molecule has 3 heteroatoms. The first-order valence-electron chi connectivity index (χ1n) is 7.57. The van der Waals surface area contributed by atoms with Gasteiger partial charge in [-0.3, -0.25) is 4.68 Å². The second kappa shape index (κ2) is 8.92. The molecule has 0 bridgehead atoms. The standard InChI is InChI=1S/C16H29N3/c1-5-10-17-11-7-8-14(3)13-16-9-12-19(18-16)15(4)6-2/h8-9,12,15,17H,5-7,10-11,13H2,1-4H3. The number of nitrogens with zero attached hydrogens (tertiary/aromatic N) is 2. The molecule has 108 valence electrons. The molecule has 0 spiro atoms. The van der Waals surface area contributed by atoms with Crippen LogP contribution in [0, 0.1) is 0 Å². The van der Waals surface area contributed by atoms with Crippen molar-refractivity contribution < 1.29 is 0 Å². The van der Waals surface area contributed by atoms with Crippen molar-refractivity contribution >= 4 is 0 Å². The van der Waals surface area contributed by atoms with Crippen molar-refractivity contribution in [1.82, 2.24) is 15.1 Å². The first-order chi connectivity index (χ1) is 9.17. The molecule has 1 atom stereocenters. The van der Waals surface area contributed by atoms with Gasteiger partial charge in [0.15, 0.2) is 0 Å². The summed E-state index contributed by atoms with van der Waals surface area (Å²) in [6, 6.07) is 2.63. The Morgan fingerprint density at radius 1 is 1.42 bits per heavy atom. The molecule has 19 heavy (non-hydrogen) atoms. The summed E-state index contributed by atoms with van der Waals surface area (Å²) in [7, 11) is 0. The van der Waals surface area contributed by atoms with Gasteiger partial charge in [-0.1, -0.05) is 25.5 Å². The Labute approximate surface area is 118 Å². The summed E-state index contributed by atoms with van der Waals surface area (Å²) in [5, 5.41) is 8.06. The summed E-state index contributed by atoms with van der Waals surface area (Å²) >= 11 is 0. The summed E-state index contributed by atoms with van der Waals surface area (Å²) in [6.07, 6.45) is 8.83. The minimum atomic E-state index is 0.497. The zero-order chi connectivity index (χ0) is 14.1. The number of allylic oxidation sites excluding steroid dienone is 1. The van der Waals surface area contributed by atoms with Crippen molar-refractivity contribution in [3.8, 4) is 0 Å². The zero-order valence-electron chi connectivity index (χ0n) is 12.9. The fourth-order valence-electron chi connectivity index (χ4n) is 1.98. The van der Waals surface area contributed by atoms with Gasteiger partial charge in [-0.25, -0.2) is 0 Å². The average molecular weight is 263 g/mol. The Kier molecular flexibility index (Phi) is 7.49. The summed E-state index contributed by atoms with van der Waals surface area (Å²) < 4.78 is 2.07. The highest BCUT2D eigenvalue weighted by Crippen LogP contribution is 2.11. The fourth-order valence-corrected chi connectivity index (χ4v) is 1.98. The van der Waals surface area contributed by atoms with Crippen LogP contribution >= 0.6 is 0 Å². The van der Waals surface area contributed by atoms with Gasteiger partial charge in [0.2, 0.25) is 0 Å². The van der Waals surface area contributed by atoms with Gasteiger partial charge < -0.3 is 5.32 Å². The van der Waals surface area contributed by atoms with Gasteiger partial charge in [0.1, 0.15) is 0 Å². The number of rotatable bonds is 9. The average Bonchev–Trinajstić information content (AvgIpc) is 2.86. The third-order valence-corrected chi connectivity index (χ3v) is 3.41. The number of aromatic nitrogens is 2. The molecule has 0 aromatic carbocycles. The van der Waals surface area contributed by atoms with E-state index < -0.39 is 0 Å². The number of hydrogen-bond acceptors (Lipinski definition) is 2. The number of nitrogens with one attached hydrogen (secondary N) is 1. The van der Waals surface area contributed by atoms with Crippen LogP contribution in [0.1, 0.15) is 58.7 Å². The Morgan fingerprint density at radius 2 is 2.21 bits per heavy atom. The van der Waals surface area contributed by atoms with Gasteiger partial charge in [-0.15, -0.1) is 0 Å². The second-order valence-corrected chi connectivity index (χ2v) is 5.31. The minimum Gasteiger partial charge on any atom is -0.316 e. The van der Waals surface area contributed by atoms with Crippen LogP contribution in [-0.2, 0) is 6.42 Å². The first kappa shape index (κ1) is 16.0. The van der Waals surface area contributed by atoms with E-state index in [1.807, 2.05) is 0 Å². The van der Waals surface area contributed by atoms with Crippen LogP contribution in [0.2, 0.25) is 0 Å². The lowest BCUT2D eigenvalue weighted by Gasteiger charge is -2.08. The van der Waals surface area contributed by atoms with Crippen molar-refractivity contribution in [2.75, 3.05) is 13.1 Å². The third kappa shape index (κ3) is 6.06. The van der Waals surface area contributed by atoms with Crippen molar-refractivity contribution in [3.05, 3.63) is 29.6 Å². The molecule has 0 saturated carbocycles. The molecule has 0 aliphatic heterocycles. The van der Waals surface area contributed by atoms with E-state index in [1.165, 1.54) is 17.7 Å². The molecule has 1 aromatic rings. The lowest BCUT2D eigenvalue weighted by Crippen LogP contribution is -2.15. The maximum atomic E-state index is 4.64. The lowest BCUT2D eigenvalue weighted by atomic mass is 10.1. The van der Waals surface area contributed by atoms with E-state index in [0.29, 0.717) is 6.04 Å². The summed E-state index contributed by atoms with van der Waals surface area (Å²) in [5.74, 6) is 0.